The van der Waals surface area contributed by atoms with Crippen molar-refractivity contribution in [3.63, 3.8) is 0 Å². The lowest BCUT2D eigenvalue weighted by Crippen LogP contribution is -1.83. The van der Waals surface area contributed by atoms with E-state index in [-0.39, 0.29) is 0 Å². The van der Waals surface area contributed by atoms with E-state index in [1.54, 1.807) is 0 Å². The van der Waals surface area contributed by atoms with Crippen molar-refractivity contribution in [2.75, 3.05) is 0 Å². The fourth-order valence-electron chi connectivity index (χ4n) is 4.05. The third-order valence-corrected chi connectivity index (χ3v) is 5.53. The van der Waals surface area contributed by atoms with Gasteiger partial charge in [-0.3, -0.25) is 4.98 Å². The monoisotopic (exact) mass is 401 g/mol. The Morgan fingerprint density at radius 3 is 2.03 bits per heavy atom. The lowest BCUT2D eigenvalue weighted by Gasteiger charge is -1.99. The van der Waals surface area contributed by atoms with Crippen LogP contribution in [0.4, 0.5) is 0 Å². The molecule has 2 aliphatic heterocycles. The highest BCUT2D eigenvalue weighted by Crippen LogP contribution is 2.30. The average Bonchev–Trinajstić information content (AvgIpc) is 3.55. The minimum atomic E-state index is 0.889. The summed E-state index contributed by atoms with van der Waals surface area (Å²) < 4.78 is 0. The van der Waals surface area contributed by atoms with Crippen LogP contribution in [0.3, 0.4) is 0 Å². The van der Waals surface area contributed by atoms with Gasteiger partial charge in [0.05, 0.1) is 34.0 Å². The molecule has 5 nitrogen and oxygen atoms in total. The Morgan fingerprint density at radius 1 is 0.645 bits per heavy atom. The lowest BCUT2D eigenvalue weighted by atomic mass is 10.1. The Hall–Kier alpha value is -4.25. The smallest absolute Gasteiger partial charge is 0.0726 e. The van der Waals surface area contributed by atoms with Crippen molar-refractivity contribution < 1.29 is 0 Å². The molecule has 0 aliphatic carbocycles. The molecular weight excluding hydrogens is 382 g/mol. The van der Waals surface area contributed by atoms with Gasteiger partial charge in [0.1, 0.15) is 0 Å². The Kier molecular flexibility index (Phi) is 3.93. The Morgan fingerprint density at radius 2 is 1.32 bits per heavy atom. The molecule has 0 unspecified atom stereocenters. The number of aromatic nitrogens is 5. The van der Waals surface area contributed by atoms with Crippen LogP contribution in [0.25, 0.3) is 57.6 Å². The molecule has 0 spiro atoms. The van der Waals surface area contributed by atoms with E-state index in [0.29, 0.717) is 0 Å². The van der Waals surface area contributed by atoms with Crippen molar-refractivity contribution in [1.82, 2.24) is 24.9 Å². The highest BCUT2D eigenvalue weighted by atomic mass is 14.8. The van der Waals surface area contributed by atoms with Gasteiger partial charge in [-0.15, -0.1) is 0 Å². The van der Waals surface area contributed by atoms with Crippen LogP contribution in [0.5, 0.6) is 0 Å². The first kappa shape index (κ1) is 17.6. The summed E-state index contributed by atoms with van der Waals surface area (Å²) in [6.45, 7) is 2.13. The molecule has 0 radical (unpaired) electrons. The van der Waals surface area contributed by atoms with Crippen LogP contribution in [-0.4, -0.2) is 24.9 Å². The number of H-pyrrole nitrogens is 2. The number of nitrogens with zero attached hydrogens (tertiary/aromatic N) is 3. The molecule has 6 heterocycles. The van der Waals surface area contributed by atoms with Crippen molar-refractivity contribution in [3.05, 3.63) is 89.1 Å². The predicted octanol–water partition coefficient (Wildman–Crippen LogP) is 6.03. The number of rotatable bonds is 1. The van der Waals surface area contributed by atoms with Gasteiger partial charge < -0.3 is 9.97 Å². The quantitative estimate of drug-likeness (QED) is 0.354. The zero-order valence-corrected chi connectivity index (χ0v) is 16.9. The molecule has 0 saturated carbocycles. The first-order chi connectivity index (χ1) is 15.2. The second-order valence-corrected chi connectivity index (χ2v) is 7.70. The highest BCUT2D eigenvalue weighted by molar-refractivity contribution is 5.90. The van der Waals surface area contributed by atoms with Gasteiger partial charge in [-0.1, -0.05) is 6.07 Å². The van der Waals surface area contributed by atoms with E-state index in [9.17, 15) is 0 Å². The highest BCUT2D eigenvalue weighted by Gasteiger charge is 2.12. The molecule has 2 N–H and O–H groups in total. The lowest BCUT2D eigenvalue weighted by molar-refractivity contribution is 1.27. The number of nitrogens with one attached hydrogen (secondary N) is 2. The van der Waals surface area contributed by atoms with Gasteiger partial charge >= 0.3 is 0 Å². The van der Waals surface area contributed by atoms with E-state index in [1.165, 1.54) is 0 Å². The molecule has 0 atom stereocenters. The normalized spacial score (nSPS) is 12.4. The van der Waals surface area contributed by atoms with Crippen molar-refractivity contribution in [3.8, 4) is 11.3 Å². The van der Waals surface area contributed by atoms with Crippen molar-refractivity contribution in [1.29, 1.82) is 0 Å². The van der Waals surface area contributed by atoms with E-state index in [2.05, 4.69) is 51.1 Å². The SMILES string of the molecule is Cc1c(-c2ccccn2)c2cc3nc(cc4nc(cc5ccc(cc1[nH]2)[nH]5)C=C4)C=C3. The number of hydrogen-bond acceptors (Lipinski definition) is 3. The minimum absolute atomic E-state index is 0.889. The zero-order valence-electron chi connectivity index (χ0n) is 16.9. The van der Waals surface area contributed by atoms with Gasteiger partial charge in [0, 0.05) is 28.3 Å². The van der Waals surface area contributed by atoms with E-state index in [0.717, 1.165) is 61.7 Å². The van der Waals surface area contributed by atoms with Gasteiger partial charge in [-0.2, -0.15) is 0 Å². The standard InChI is InChI=1S/C26H19N5/c1-16-24-14-21-9-7-19(29-21)12-17-5-6-18(28-17)13-20-8-10-22(30-20)15-25(31-24)26(16)23-4-2-3-11-27-23/h2-15,29,31H,1H3. The van der Waals surface area contributed by atoms with Gasteiger partial charge in [0.15, 0.2) is 0 Å². The second-order valence-electron chi connectivity index (χ2n) is 7.70. The van der Waals surface area contributed by atoms with Crippen LogP contribution in [-0.2, 0) is 0 Å². The van der Waals surface area contributed by atoms with Gasteiger partial charge in [0.25, 0.3) is 0 Å². The van der Waals surface area contributed by atoms with Crippen LogP contribution in [0.15, 0.2) is 60.8 Å². The molecule has 6 rings (SSSR count). The largest absolute Gasteiger partial charge is 0.355 e. The number of aromatic amines is 2. The molecule has 0 saturated heterocycles. The first-order valence-corrected chi connectivity index (χ1v) is 10.2. The molecule has 4 aromatic heterocycles. The summed E-state index contributed by atoms with van der Waals surface area (Å²) in [4.78, 5) is 21.1. The maximum absolute atomic E-state index is 4.76. The number of fused-ring (bicyclic) bond motifs is 8. The van der Waals surface area contributed by atoms with Crippen LogP contribution in [0.1, 0.15) is 28.3 Å². The minimum Gasteiger partial charge on any atom is -0.355 e. The number of hydrogen-bond donors (Lipinski definition) is 2. The van der Waals surface area contributed by atoms with Crippen LogP contribution in [0.2, 0.25) is 0 Å². The summed E-state index contributed by atoms with van der Waals surface area (Å²) in [6, 6.07) is 18.4. The van der Waals surface area contributed by atoms with E-state index >= 15 is 0 Å². The van der Waals surface area contributed by atoms with E-state index < -0.39 is 0 Å². The molecule has 0 amide bonds. The van der Waals surface area contributed by atoms with Crippen molar-refractivity contribution in [2.24, 2.45) is 0 Å². The summed E-state index contributed by atoms with van der Waals surface area (Å²) in [5, 5.41) is 0. The molecule has 0 aromatic carbocycles. The molecule has 5 heteroatoms. The molecule has 2 aliphatic rings. The van der Waals surface area contributed by atoms with E-state index in [4.69, 9.17) is 4.98 Å². The molecule has 4 aromatic rings. The van der Waals surface area contributed by atoms with Gasteiger partial charge in [-0.05, 0) is 85.3 Å². The number of aryl methyl sites for hydroxylation is 1. The molecule has 148 valence electrons. The fourth-order valence-corrected chi connectivity index (χ4v) is 4.05. The first-order valence-electron chi connectivity index (χ1n) is 10.2. The zero-order chi connectivity index (χ0) is 20.8. The fraction of sp³-hybridized carbons (Fsp3) is 0.0385. The molecular formula is C26H19N5. The third kappa shape index (κ3) is 3.26. The topological polar surface area (TPSA) is 70.2 Å². The summed E-state index contributed by atoms with van der Waals surface area (Å²) in [7, 11) is 0. The Labute approximate surface area is 178 Å². The molecule has 0 fully saturated rings. The Bertz CT molecular complexity index is 1530. The third-order valence-electron chi connectivity index (χ3n) is 5.53. The van der Waals surface area contributed by atoms with Crippen LogP contribution < -0.4 is 0 Å². The van der Waals surface area contributed by atoms with Crippen molar-refractivity contribution in [2.45, 2.75) is 6.92 Å². The summed E-state index contributed by atoms with van der Waals surface area (Å²) >= 11 is 0. The second kappa shape index (κ2) is 6.92. The molecule has 8 bridgehead atoms. The maximum atomic E-state index is 4.76. The van der Waals surface area contributed by atoms with Crippen LogP contribution in [0, 0.1) is 6.92 Å². The van der Waals surface area contributed by atoms with Crippen molar-refractivity contribution >= 4 is 46.4 Å². The van der Waals surface area contributed by atoms with E-state index in [1.807, 2.05) is 60.8 Å². The Balaban J connectivity index is 1.72. The van der Waals surface area contributed by atoms with Crippen LogP contribution >= 0.6 is 0 Å². The summed E-state index contributed by atoms with van der Waals surface area (Å²) in [5.41, 5.74) is 10.8. The maximum Gasteiger partial charge on any atom is 0.0726 e. The molecule has 31 heavy (non-hydrogen) atoms. The van der Waals surface area contributed by atoms with Gasteiger partial charge in [-0.25, -0.2) is 9.97 Å². The predicted molar refractivity (Wildman–Crippen MR) is 127 cm³/mol. The summed E-state index contributed by atoms with van der Waals surface area (Å²) in [6.07, 6.45) is 9.90. The average molecular weight is 401 g/mol. The van der Waals surface area contributed by atoms with Gasteiger partial charge in [0.2, 0.25) is 0 Å². The number of pyridine rings is 1. The summed E-state index contributed by atoms with van der Waals surface area (Å²) in [5.74, 6) is 0.